The molecule has 322 valence electrons. The SMILES string of the molecule is COCCCN1C(=O)COc2ccc(N(C(=O)[C@H]3CN(C(=O)OC(C)(C)C)CC[C@@H]3c3cccc(-c4ccc(OCCCN5CCCC5C(=O)OC)cc4)c3)C3CC3)cc21. The molecule has 13 nitrogen and oxygen atoms in total. The van der Waals surface area contributed by atoms with Crippen LogP contribution in [0.4, 0.5) is 16.2 Å². The van der Waals surface area contributed by atoms with Crippen molar-refractivity contribution in [3.05, 3.63) is 72.3 Å². The Morgan fingerprint density at radius 2 is 1.65 bits per heavy atom. The minimum absolute atomic E-state index is 0.0133. The van der Waals surface area contributed by atoms with Crippen LogP contribution in [0.15, 0.2) is 66.7 Å². The molecule has 1 unspecified atom stereocenters. The van der Waals surface area contributed by atoms with Crippen molar-refractivity contribution >= 4 is 35.3 Å². The first-order chi connectivity index (χ1) is 28.9. The molecule has 1 saturated carbocycles. The van der Waals surface area contributed by atoms with E-state index in [1.807, 2.05) is 74.2 Å². The van der Waals surface area contributed by atoms with E-state index < -0.39 is 17.6 Å². The largest absolute Gasteiger partial charge is 0.494 e. The third kappa shape index (κ3) is 10.2. The van der Waals surface area contributed by atoms with Crippen molar-refractivity contribution in [2.45, 2.75) is 89.3 Å². The number of esters is 1. The van der Waals surface area contributed by atoms with Crippen molar-refractivity contribution in [3.63, 3.8) is 0 Å². The Balaban J connectivity index is 1.10. The molecule has 13 heteroatoms. The van der Waals surface area contributed by atoms with Gasteiger partial charge in [0.25, 0.3) is 5.91 Å². The molecule has 3 aromatic rings. The molecule has 4 aliphatic rings. The number of rotatable bonds is 15. The molecule has 3 atom stereocenters. The topological polar surface area (TPSA) is 127 Å². The van der Waals surface area contributed by atoms with Gasteiger partial charge < -0.3 is 38.4 Å². The van der Waals surface area contributed by atoms with E-state index in [4.69, 9.17) is 23.7 Å². The van der Waals surface area contributed by atoms with E-state index in [0.29, 0.717) is 56.3 Å². The Bertz CT molecular complexity index is 1990. The summed E-state index contributed by atoms with van der Waals surface area (Å²) < 4.78 is 27.9. The number of hydrogen-bond acceptors (Lipinski definition) is 10. The standard InChI is InChI=1S/C47H60N4O9/c1-47(2,3)60-46(55)49-25-21-38(34-11-6-10-33(28-34)32-13-18-37(19-14-32)58-27-8-23-48-22-7-12-40(48)45(54)57-5)39(30-49)44(53)51(35-15-16-35)36-17-20-42-41(29-36)50(24-9-26-56-4)43(52)31-59-42/h6,10-11,13-14,17-20,28-29,35,38-40H,7-9,12,15-16,21-27,30-31H2,1-5H3/t38-,39+,40?/m1/s1. The highest BCUT2D eigenvalue weighted by Crippen LogP contribution is 2.43. The van der Waals surface area contributed by atoms with Crippen LogP contribution in [0.5, 0.6) is 11.5 Å². The summed E-state index contributed by atoms with van der Waals surface area (Å²) in [5.74, 6) is 0.320. The van der Waals surface area contributed by atoms with E-state index in [0.717, 1.165) is 67.6 Å². The number of likely N-dealkylation sites (tertiary alicyclic amines) is 2. The number of hydrogen-bond donors (Lipinski definition) is 0. The van der Waals surface area contributed by atoms with Crippen molar-refractivity contribution in [1.29, 1.82) is 0 Å². The normalized spacial score (nSPS) is 20.6. The molecule has 0 radical (unpaired) electrons. The second kappa shape index (κ2) is 19.1. The van der Waals surface area contributed by atoms with Gasteiger partial charge >= 0.3 is 12.1 Å². The monoisotopic (exact) mass is 824 g/mol. The predicted molar refractivity (Wildman–Crippen MR) is 229 cm³/mol. The lowest BCUT2D eigenvalue weighted by Gasteiger charge is -2.41. The number of piperidine rings is 1. The van der Waals surface area contributed by atoms with Crippen LogP contribution in [0, 0.1) is 5.92 Å². The molecule has 2 saturated heterocycles. The van der Waals surface area contributed by atoms with Crippen LogP contribution in [0.3, 0.4) is 0 Å². The third-order valence-electron chi connectivity index (χ3n) is 11.8. The van der Waals surface area contributed by atoms with Gasteiger partial charge in [-0.15, -0.1) is 0 Å². The second-order valence-electron chi connectivity index (χ2n) is 17.3. The molecule has 3 aromatic carbocycles. The lowest BCUT2D eigenvalue weighted by molar-refractivity contribution is -0.145. The minimum Gasteiger partial charge on any atom is -0.494 e. The molecule has 0 bridgehead atoms. The first-order valence-corrected chi connectivity index (χ1v) is 21.5. The Labute approximate surface area is 353 Å². The third-order valence-corrected chi connectivity index (χ3v) is 11.8. The summed E-state index contributed by atoms with van der Waals surface area (Å²) in [6.07, 6.45) is 5.19. The van der Waals surface area contributed by atoms with Gasteiger partial charge in [-0.2, -0.15) is 0 Å². The average molecular weight is 825 g/mol. The number of benzene rings is 3. The van der Waals surface area contributed by atoms with Gasteiger partial charge in [-0.05, 0) is 125 Å². The Morgan fingerprint density at radius 1 is 0.867 bits per heavy atom. The van der Waals surface area contributed by atoms with Crippen molar-refractivity contribution in [2.24, 2.45) is 5.92 Å². The summed E-state index contributed by atoms with van der Waals surface area (Å²) in [5.41, 5.74) is 3.76. The Kier molecular flexibility index (Phi) is 13.6. The summed E-state index contributed by atoms with van der Waals surface area (Å²) in [5, 5.41) is 0. The quantitative estimate of drug-likeness (QED) is 0.116. The number of nitrogens with zero attached hydrogens (tertiary/aromatic N) is 4. The Morgan fingerprint density at radius 3 is 2.38 bits per heavy atom. The maximum atomic E-state index is 15.2. The van der Waals surface area contributed by atoms with E-state index in [2.05, 4.69) is 23.1 Å². The fourth-order valence-corrected chi connectivity index (χ4v) is 8.72. The van der Waals surface area contributed by atoms with E-state index in [1.54, 1.807) is 16.9 Å². The molecular weight excluding hydrogens is 765 g/mol. The van der Waals surface area contributed by atoms with Gasteiger partial charge in [0.15, 0.2) is 6.61 Å². The zero-order valence-corrected chi connectivity index (χ0v) is 35.7. The van der Waals surface area contributed by atoms with Crippen LogP contribution < -0.4 is 19.3 Å². The van der Waals surface area contributed by atoms with E-state index in [1.165, 1.54) is 7.11 Å². The number of methoxy groups -OCH3 is 2. The molecule has 3 heterocycles. The molecule has 0 aromatic heterocycles. The van der Waals surface area contributed by atoms with Crippen LogP contribution in [-0.4, -0.2) is 118 Å². The number of fused-ring (bicyclic) bond motifs is 1. The summed E-state index contributed by atoms with van der Waals surface area (Å²) in [4.78, 5) is 61.3. The molecule has 7 rings (SSSR count). The predicted octanol–water partition coefficient (Wildman–Crippen LogP) is 7.06. The van der Waals surface area contributed by atoms with Crippen molar-refractivity contribution in [2.75, 3.05) is 76.6 Å². The van der Waals surface area contributed by atoms with Crippen molar-refractivity contribution < 1.29 is 42.9 Å². The molecule has 3 aliphatic heterocycles. The highest BCUT2D eigenvalue weighted by Gasteiger charge is 2.44. The smallest absolute Gasteiger partial charge is 0.410 e. The fraction of sp³-hybridized carbons (Fsp3) is 0.532. The van der Waals surface area contributed by atoms with E-state index in [9.17, 15) is 14.4 Å². The highest BCUT2D eigenvalue weighted by molar-refractivity contribution is 6.01. The van der Waals surface area contributed by atoms with Gasteiger partial charge in [0.1, 0.15) is 23.1 Å². The van der Waals surface area contributed by atoms with Gasteiger partial charge in [0.2, 0.25) is 5.91 Å². The fourth-order valence-electron chi connectivity index (χ4n) is 8.72. The summed E-state index contributed by atoms with van der Waals surface area (Å²) in [7, 11) is 3.08. The first kappa shape index (κ1) is 43.0. The van der Waals surface area contributed by atoms with Gasteiger partial charge in [-0.1, -0.05) is 36.4 Å². The summed E-state index contributed by atoms with van der Waals surface area (Å²) in [6.45, 7) is 9.39. The number of anilines is 2. The molecule has 0 N–H and O–H groups in total. The van der Waals surface area contributed by atoms with Crippen LogP contribution in [0.2, 0.25) is 0 Å². The van der Waals surface area contributed by atoms with Crippen LogP contribution in [0.25, 0.3) is 11.1 Å². The highest BCUT2D eigenvalue weighted by atomic mass is 16.6. The zero-order valence-electron chi connectivity index (χ0n) is 35.7. The van der Waals surface area contributed by atoms with Crippen LogP contribution in [-0.2, 0) is 28.6 Å². The van der Waals surface area contributed by atoms with Crippen molar-refractivity contribution in [1.82, 2.24) is 9.80 Å². The lowest BCUT2D eigenvalue weighted by atomic mass is 9.78. The number of carbonyl (C=O) groups is 4. The molecule has 3 fully saturated rings. The molecular formula is C47H60N4O9. The van der Waals surface area contributed by atoms with Gasteiger partial charge in [0.05, 0.1) is 25.3 Å². The van der Waals surface area contributed by atoms with Crippen LogP contribution >= 0.6 is 0 Å². The molecule has 0 spiro atoms. The molecule has 60 heavy (non-hydrogen) atoms. The lowest BCUT2D eigenvalue weighted by Crippen LogP contribution is -2.51. The van der Waals surface area contributed by atoms with E-state index >= 15 is 4.79 Å². The van der Waals surface area contributed by atoms with E-state index in [-0.39, 0.29) is 48.9 Å². The van der Waals surface area contributed by atoms with Gasteiger partial charge in [0, 0.05) is 51.6 Å². The number of amides is 3. The average Bonchev–Trinajstić information content (AvgIpc) is 3.97. The number of carbonyl (C=O) groups excluding carboxylic acids is 4. The minimum atomic E-state index is -0.677. The second-order valence-corrected chi connectivity index (χ2v) is 17.3. The molecule has 3 amide bonds. The van der Waals surface area contributed by atoms with Crippen LogP contribution in [0.1, 0.15) is 77.2 Å². The van der Waals surface area contributed by atoms with Gasteiger partial charge in [-0.25, -0.2) is 4.79 Å². The first-order valence-electron chi connectivity index (χ1n) is 21.5. The maximum absolute atomic E-state index is 15.2. The number of ether oxygens (including phenoxy) is 5. The molecule has 1 aliphatic carbocycles. The maximum Gasteiger partial charge on any atom is 0.410 e. The van der Waals surface area contributed by atoms with Crippen molar-refractivity contribution in [3.8, 4) is 22.6 Å². The Hall–Kier alpha value is -5.14. The zero-order chi connectivity index (χ0) is 42.4. The summed E-state index contributed by atoms with van der Waals surface area (Å²) >= 11 is 0. The van der Waals surface area contributed by atoms with Gasteiger partial charge in [-0.3, -0.25) is 19.3 Å². The summed E-state index contributed by atoms with van der Waals surface area (Å²) in [6, 6.07) is 21.9.